The summed E-state index contributed by atoms with van der Waals surface area (Å²) in [6, 6.07) is 14.6. The number of hydrogen-bond donors (Lipinski definition) is 1. The van der Waals surface area contributed by atoms with Gasteiger partial charge in [0, 0.05) is 30.2 Å². The SMILES string of the molecule is COC(=O)c1ccc(CCNC(=O)c2ccc(-n3ccnc3SC)cc2)cc1. The molecule has 0 atom stereocenters. The van der Waals surface area contributed by atoms with Crippen LogP contribution in [0, 0.1) is 0 Å². The summed E-state index contributed by atoms with van der Waals surface area (Å²) in [5.41, 5.74) is 3.12. The third kappa shape index (κ3) is 4.61. The van der Waals surface area contributed by atoms with Crippen molar-refractivity contribution in [2.24, 2.45) is 0 Å². The van der Waals surface area contributed by atoms with E-state index in [1.54, 1.807) is 42.2 Å². The Kier molecular flexibility index (Phi) is 6.49. The number of thioether (sulfide) groups is 1. The van der Waals surface area contributed by atoms with Crippen molar-refractivity contribution in [1.29, 1.82) is 0 Å². The molecule has 0 bridgehead atoms. The second kappa shape index (κ2) is 9.23. The second-order valence-corrected chi connectivity index (χ2v) is 6.80. The first-order valence-corrected chi connectivity index (χ1v) is 9.98. The quantitative estimate of drug-likeness (QED) is 0.491. The Bertz CT molecular complexity index is 950. The van der Waals surface area contributed by atoms with Crippen LogP contribution in [-0.4, -0.2) is 41.3 Å². The summed E-state index contributed by atoms with van der Waals surface area (Å²) >= 11 is 1.57. The molecule has 144 valence electrons. The van der Waals surface area contributed by atoms with E-state index in [2.05, 4.69) is 15.0 Å². The number of benzene rings is 2. The van der Waals surface area contributed by atoms with Gasteiger partial charge >= 0.3 is 5.97 Å². The van der Waals surface area contributed by atoms with Gasteiger partial charge in [-0.3, -0.25) is 9.36 Å². The number of nitrogens with one attached hydrogen (secondary N) is 1. The summed E-state index contributed by atoms with van der Waals surface area (Å²) in [5, 5.41) is 3.82. The highest BCUT2D eigenvalue weighted by atomic mass is 32.2. The number of imidazole rings is 1. The van der Waals surface area contributed by atoms with Gasteiger partial charge in [0.25, 0.3) is 5.91 Å². The summed E-state index contributed by atoms with van der Waals surface area (Å²) in [5.74, 6) is -0.475. The van der Waals surface area contributed by atoms with Crippen LogP contribution in [0.15, 0.2) is 66.1 Å². The van der Waals surface area contributed by atoms with E-state index >= 15 is 0 Å². The van der Waals surface area contributed by atoms with E-state index in [-0.39, 0.29) is 11.9 Å². The van der Waals surface area contributed by atoms with Crippen molar-refractivity contribution in [2.75, 3.05) is 19.9 Å². The highest BCUT2D eigenvalue weighted by Gasteiger charge is 2.08. The number of amides is 1. The van der Waals surface area contributed by atoms with Crippen LogP contribution in [0.4, 0.5) is 0 Å². The third-order valence-corrected chi connectivity index (χ3v) is 4.94. The second-order valence-electron chi connectivity index (χ2n) is 6.03. The van der Waals surface area contributed by atoms with Gasteiger partial charge in [-0.05, 0) is 54.6 Å². The van der Waals surface area contributed by atoms with Gasteiger partial charge in [-0.1, -0.05) is 23.9 Å². The van der Waals surface area contributed by atoms with Crippen LogP contribution in [0.2, 0.25) is 0 Å². The molecule has 0 aliphatic rings. The van der Waals surface area contributed by atoms with Crippen molar-refractivity contribution in [2.45, 2.75) is 11.6 Å². The fraction of sp³-hybridized carbons (Fsp3) is 0.190. The first kappa shape index (κ1) is 19.7. The number of ether oxygens (including phenoxy) is 1. The molecule has 1 amide bonds. The van der Waals surface area contributed by atoms with Gasteiger partial charge in [0.05, 0.1) is 12.7 Å². The molecule has 2 aromatic carbocycles. The van der Waals surface area contributed by atoms with E-state index < -0.39 is 0 Å². The predicted octanol–water partition coefficient (Wildman–Crippen LogP) is 3.35. The first-order chi connectivity index (χ1) is 13.6. The zero-order valence-electron chi connectivity index (χ0n) is 15.7. The van der Waals surface area contributed by atoms with Crippen molar-refractivity contribution >= 4 is 23.6 Å². The van der Waals surface area contributed by atoms with E-state index in [1.165, 1.54) is 7.11 Å². The molecule has 1 heterocycles. The Morgan fingerprint density at radius 1 is 1.07 bits per heavy atom. The number of aromatic nitrogens is 2. The van der Waals surface area contributed by atoms with Gasteiger partial charge in [0.1, 0.15) is 0 Å². The fourth-order valence-corrected chi connectivity index (χ4v) is 3.29. The maximum Gasteiger partial charge on any atom is 0.337 e. The minimum absolute atomic E-state index is 0.117. The maximum absolute atomic E-state index is 12.3. The molecule has 0 aliphatic carbocycles. The standard InChI is InChI=1S/C21H21N3O3S/c1-27-20(26)17-5-3-15(4-6-17)11-12-22-19(25)16-7-9-18(10-8-16)24-14-13-23-21(24)28-2/h3-10,13-14H,11-12H2,1-2H3,(H,22,25). The molecule has 1 N–H and O–H groups in total. The average molecular weight is 395 g/mol. The summed E-state index contributed by atoms with van der Waals surface area (Å²) in [6.45, 7) is 0.510. The lowest BCUT2D eigenvalue weighted by Crippen LogP contribution is -2.25. The number of carbonyl (C=O) groups excluding carboxylic acids is 2. The Labute approximate surface area is 167 Å². The minimum Gasteiger partial charge on any atom is -0.465 e. The fourth-order valence-electron chi connectivity index (χ4n) is 2.76. The van der Waals surface area contributed by atoms with Crippen LogP contribution in [-0.2, 0) is 11.2 Å². The largest absolute Gasteiger partial charge is 0.465 e. The zero-order chi connectivity index (χ0) is 19.9. The molecule has 3 rings (SSSR count). The normalized spacial score (nSPS) is 10.5. The van der Waals surface area contributed by atoms with Gasteiger partial charge in [-0.15, -0.1) is 0 Å². The monoisotopic (exact) mass is 395 g/mol. The summed E-state index contributed by atoms with van der Waals surface area (Å²) in [4.78, 5) is 28.1. The van der Waals surface area contributed by atoms with Gasteiger partial charge < -0.3 is 10.1 Å². The molecule has 0 radical (unpaired) electrons. The Balaban J connectivity index is 1.54. The van der Waals surface area contributed by atoms with Crippen LogP contribution < -0.4 is 5.32 Å². The molecule has 3 aromatic rings. The highest BCUT2D eigenvalue weighted by molar-refractivity contribution is 7.98. The lowest BCUT2D eigenvalue weighted by molar-refractivity contribution is 0.0600. The highest BCUT2D eigenvalue weighted by Crippen LogP contribution is 2.18. The van der Waals surface area contributed by atoms with Gasteiger partial charge in [0.15, 0.2) is 5.16 Å². The molecule has 0 saturated carbocycles. The third-order valence-electron chi connectivity index (χ3n) is 4.27. The van der Waals surface area contributed by atoms with Crippen molar-refractivity contribution in [3.63, 3.8) is 0 Å². The molecule has 0 unspecified atom stereocenters. The van der Waals surface area contributed by atoms with Crippen molar-refractivity contribution < 1.29 is 14.3 Å². The number of esters is 1. The average Bonchev–Trinajstić information content (AvgIpc) is 3.22. The number of methoxy groups -OCH3 is 1. The number of carbonyl (C=O) groups is 2. The van der Waals surface area contributed by atoms with E-state index in [0.717, 1.165) is 16.4 Å². The smallest absolute Gasteiger partial charge is 0.337 e. The van der Waals surface area contributed by atoms with Crippen LogP contribution in [0.1, 0.15) is 26.3 Å². The van der Waals surface area contributed by atoms with E-state index in [9.17, 15) is 9.59 Å². The van der Waals surface area contributed by atoms with Crippen LogP contribution in [0.5, 0.6) is 0 Å². The van der Waals surface area contributed by atoms with Crippen LogP contribution in [0.25, 0.3) is 5.69 Å². The van der Waals surface area contributed by atoms with Gasteiger partial charge in [-0.2, -0.15) is 0 Å². The molecule has 7 heteroatoms. The zero-order valence-corrected chi connectivity index (χ0v) is 16.5. The number of hydrogen-bond acceptors (Lipinski definition) is 5. The molecule has 0 saturated heterocycles. The van der Waals surface area contributed by atoms with E-state index in [1.807, 2.05) is 41.3 Å². The summed E-state index contributed by atoms with van der Waals surface area (Å²) in [7, 11) is 1.36. The van der Waals surface area contributed by atoms with Gasteiger partial charge in [-0.25, -0.2) is 9.78 Å². The van der Waals surface area contributed by atoms with Crippen molar-refractivity contribution in [1.82, 2.24) is 14.9 Å². The molecule has 6 nitrogen and oxygen atoms in total. The van der Waals surface area contributed by atoms with Crippen LogP contribution in [0.3, 0.4) is 0 Å². The molecule has 1 aromatic heterocycles. The van der Waals surface area contributed by atoms with Crippen molar-refractivity contribution in [3.8, 4) is 5.69 Å². The molecule has 0 fully saturated rings. The molecule has 0 aliphatic heterocycles. The Morgan fingerprint density at radius 3 is 2.39 bits per heavy atom. The molecule has 28 heavy (non-hydrogen) atoms. The predicted molar refractivity (Wildman–Crippen MR) is 109 cm³/mol. The lowest BCUT2D eigenvalue weighted by Gasteiger charge is -2.08. The summed E-state index contributed by atoms with van der Waals surface area (Å²) < 4.78 is 6.66. The summed E-state index contributed by atoms with van der Waals surface area (Å²) in [6.07, 6.45) is 6.30. The first-order valence-electron chi connectivity index (χ1n) is 8.75. The van der Waals surface area contributed by atoms with Crippen LogP contribution >= 0.6 is 11.8 Å². The van der Waals surface area contributed by atoms with E-state index in [0.29, 0.717) is 24.1 Å². The topological polar surface area (TPSA) is 73.2 Å². The lowest BCUT2D eigenvalue weighted by atomic mass is 10.1. The van der Waals surface area contributed by atoms with Gasteiger partial charge in [0.2, 0.25) is 0 Å². The van der Waals surface area contributed by atoms with E-state index in [4.69, 9.17) is 0 Å². The number of nitrogens with zero attached hydrogens (tertiary/aromatic N) is 2. The number of rotatable bonds is 7. The molecular weight excluding hydrogens is 374 g/mol. The minimum atomic E-state index is -0.358. The molecule has 0 spiro atoms. The Morgan fingerprint density at radius 2 is 1.75 bits per heavy atom. The molecular formula is C21H21N3O3S. The Hall–Kier alpha value is -3.06. The van der Waals surface area contributed by atoms with Crippen molar-refractivity contribution in [3.05, 3.63) is 77.6 Å². The maximum atomic E-state index is 12.3.